The van der Waals surface area contributed by atoms with Gasteiger partial charge in [0.2, 0.25) is 11.8 Å². The first-order valence-electron chi connectivity index (χ1n) is 10.5. The summed E-state index contributed by atoms with van der Waals surface area (Å²) in [5.74, 6) is -0.262. The van der Waals surface area contributed by atoms with Crippen LogP contribution in [-0.4, -0.2) is 35.1 Å². The first-order chi connectivity index (χ1) is 14.9. The Labute approximate surface area is 193 Å². The molecule has 2 rings (SSSR count). The molecule has 0 aliphatic heterocycles. The van der Waals surface area contributed by atoms with Crippen LogP contribution in [0.4, 0.5) is 4.39 Å². The van der Waals surface area contributed by atoms with Crippen molar-refractivity contribution in [3.05, 3.63) is 70.0 Å². The number of nitrogens with zero attached hydrogens (tertiary/aromatic N) is 1. The molecular weight excluding hydrogens is 435 g/mol. The van der Waals surface area contributed by atoms with Crippen molar-refractivity contribution >= 4 is 35.2 Å². The average Bonchev–Trinajstić information content (AvgIpc) is 2.74. The summed E-state index contributed by atoms with van der Waals surface area (Å²) in [7, 11) is 0. The SMILES string of the molecule is CCCNC(=O)[C@H](CC)N(Cc1cccc(C)c1)C(=O)CSCc1c(F)cccc1Cl. The molecule has 0 unspecified atom stereocenters. The summed E-state index contributed by atoms with van der Waals surface area (Å²) in [4.78, 5) is 27.5. The van der Waals surface area contributed by atoms with Crippen LogP contribution < -0.4 is 5.32 Å². The molecule has 0 spiro atoms. The number of amides is 2. The number of halogens is 2. The van der Waals surface area contributed by atoms with Crippen molar-refractivity contribution in [1.82, 2.24) is 10.2 Å². The van der Waals surface area contributed by atoms with E-state index < -0.39 is 6.04 Å². The predicted molar refractivity (Wildman–Crippen MR) is 127 cm³/mol. The van der Waals surface area contributed by atoms with Crippen molar-refractivity contribution < 1.29 is 14.0 Å². The molecule has 2 aromatic carbocycles. The van der Waals surface area contributed by atoms with Gasteiger partial charge < -0.3 is 10.2 Å². The fourth-order valence-corrected chi connectivity index (χ4v) is 4.54. The van der Waals surface area contributed by atoms with Gasteiger partial charge in [-0.15, -0.1) is 11.8 Å². The Balaban J connectivity index is 2.15. The Hall–Kier alpha value is -2.05. The molecule has 2 amide bonds. The number of rotatable bonds is 11. The maximum atomic E-state index is 14.0. The van der Waals surface area contributed by atoms with E-state index in [1.54, 1.807) is 17.0 Å². The Morgan fingerprint density at radius 2 is 1.94 bits per heavy atom. The molecule has 0 aliphatic rings. The highest BCUT2D eigenvalue weighted by Crippen LogP contribution is 2.24. The normalized spacial score (nSPS) is 11.8. The molecule has 0 radical (unpaired) electrons. The molecule has 31 heavy (non-hydrogen) atoms. The van der Waals surface area contributed by atoms with E-state index in [2.05, 4.69) is 5.32 Å². The zero-order valence-corrected chi connectivity index (χ0v) is 19.9. The monoisotopic (exact) mass is 464 g/mol. The highest BCUT2D eigenvalue weighted by molar-refractivity contribution is 7.99. The van der Waals surface area contributed by atoms with Crippen molar-refractivity contribution in [3.63, 3.8) is 0 Å². The van der Waals surface area contributed by atoms with Gasteiger partial charge >= 0.3 is 0 Å². The van der Waals surface area contributed by atoms with Gasteiger partial charge in [-0.1, -0.05) is 61.3 Å². The molecule has 1 N–H and O–H groups in total. The molecule has 0 aromatic heterocycles. The maximum absolute atomic E-state index is 14.0. The van der Waals surface area contributed by atoms with E-state index in [4.69, 9.17) is 11.6 Å². The Morgan fingerprint density at radius 1 is 1.19 bits per heavy atom. The topological polar surface area (TPSA) is 49.4 Å². The van der Waals surface area contributed by atoms with E-state index in [-0.39, 0.29) is 29.1 Å². The molecule has 168 valence electrons. The lowest BCUT2D eigenvalue weighted by atomic mass is 10.1. The van der Waals surface area contributed by atoms with Crippen LogP contribution in [-0.2, 0) is 21.9 Å². The summed E-state index contributed by atoms with van der Waals surface area (Å²) in [6, 6.07) is 11.9. The van der Waals surface area contributed by atoms with E-state index in [1.165, 1.54) is 17.8 Å². The van der Waals surface area contributed by atoms with Crippen molar-refractivity contribution in [2.24, 2.45) is 0 Å². The van der Waals surface area contributed by atoms with Crippen molar-refractivity contribution in [2.45, 2.75) is 52.0 Å². The third kappa shape index (κ3) is 7.54. The van der Waals surface area contributed by atoms with E-state index in [0.29, 0.717) is 30.1 Å². The molecule has 1 atom stereocenters. The number of carbonyl (C=O) groups is 2. The van der Waals surface area contributed by atoms with Gasteiger partial charge in [0.15, 0.2) is 0 Å². The summed E-state index contributed by atoms with van der Waals surface area (Å²) >= 11 is 7.39. The zero-order valence-electron chi connectivity index (χ0n) is 18.3. The Kier molecular flexibility index (Phi) is 10.3. The number of hydrogen-bond acceptors (Lipinski definition) is 3. The number of benzene rings is 2. The molecule has 0 aliphatic carbocycles. The second-order valence-corrected chi connectivity index (χ2v) is 8.81. The highest BCUT2D eigenvalue weighted by Gasteiger charge is 2.28. The molecule has 0 fully saturated rings. The van der Waals surface area contributed by atoms with Crippen LogP contribution in [0.15, 0.2) is 42.5 Å². The second kappa shape index (κ2) is 12.7. The first-order valence-corrected chi connectivity index (χ1v) is 12.0. The fraction of sp³-hybridized carbons (Fsp3) is 0.417. The van der Waals surface area contributed by atoms with Gasteiger partial charge in [0.25, 0.3) is 0 Å². The summed E-state index contributed by atoms with van der Waals surface area (Å²) < 4.78 is 14.0. The lowest BCUT2D eigenvalue weighted by Crippen LogP contribution is -2.49. The Bertz CT molecular complexity index is 873. The van der Waals surface area contributed by atoms with Crippen LogP contribution in [0, 0.1) is 12.7 Å². The van der Waals surface area contributed by atoms with E-state index in [1.807, 2.05) is 45.0 Å². The van der Waals surface area contributed by atoms with Crippen LogP contribution in [0.5, 0.6) is 0 Å². The average molecular weight is 465 g/mol. The molecule has 2 aromatic rings. The summed E-state index contributed by atoms with van der Waals surface area (Å²) in [6.45, 7) is 6.80. The van der Waals surface area contributed by atoms with Crippen LogP contribution in [0.3, 0.4) is 0 Å². The van der Waals surface area contributed by atoms with Crippen LogP contribution in [0.2, 0.25) is 5.02 Å². The minimum absolute atomic E-state index is 0.133. The van der Waals surface area contributed by atoms with Crippen molar-refractivity contribution in [3.8, 4) is 0 Å². The van der Waals surface area contributed by atoms with Crippen molar-refractivity contribution in [1.29, 1.82) is 0 Å². The van der Waals surface area contributed by atoms with E-state index >= 15 is 0 Å². The maximum Gasteiger partial charge on any atom is 0.242 e. The standard InChI is InChI=1S/C24H30ClFN2O2S/c1-4-12-27-24(30)22(5-2)28(14-18-9-6-8-17(3)13-18)23(29)16-31-15-19-20(25)10-7-11-21(19)26/h6-11,13,22H,4-5,12,14-16H2,1-3H3,(H,27,30)/t22-/m0/s1. The van der Waals surface area contributed by atoms with E-state index in [0.717, 1.165) is 17.5 Å². The quantitative estimate of drug-likeness (QED) is 0.487. The lowest BCUT2D eigenvalue weighted by Gasteiger charge is -2.30. The van der Waals surface area contributed by atoms with Gasteiger partial charge in [0, 0.05) is 29.4 Å². The van der Waals surface area contributed by atoms with Gasteiger partial charge in [0.05, 0.1) is 5.75 Å². The first kappa shape index (κ1) is 25.2. The number of hydrogen-bond donors (Lipinski definition) is 1. The van der Waals surface area contributed by atoms with Gasteiger partial charge in [-0.2, -0.15) is 0 Å². The summed E-state index contributed by atoms with van der Waals surface area (Å²) in [6.07, 6.45) is 1.34. The Morgan fingerprint density at radius 3 is 2.58 bits per heavy atom. The summed E-state index contributed by atoms with van der Waals surface area (Å²) in [5.41, 5.74) is 2.45. The third-order valence-corrected chi connectivity index (χ3v) is 6.20. The minimum atomic E-state index is -0.558. The van der Waals surface area contributed by atoms with Gasteiger partial charge in [-0.3, -0.25) is 9.59 Å². The number of nitrogens with one attached hydrogen (secondary N) is 1. The molecular formula is C24H30ClFN2O2S. The number of carbonyl (C=O) groups excluding carboxylic acids is 2. The minimum Gasteiger partial charge on any atom is -0.354 e. The predicted octanol–water partition coefficient (Wildman–Crippen LogP) is 5.35. The molecule has 0 saturated carbocycles. The van der Waals surface area contributed by atoms with Crippen molar-refractivity contribution in [2.75, 3.05) is 12.3 Å². The highest BCUT2D eigenvalue weighted by atomic mass is 35.5. The van der Waals surface area contributed by atoms with Gasteiger partial charge in [-0.05, 0) is 37.5 Å². The molecule has 7 heteroatoms. The largest absolute Gasteiger partial charge is 0.354 e. The van der Waals surface area contributed by atoms with Crippen LogP contribution in [0.25, 0.3) is 0 Å². The van der Waals surface area contributed by atoms with Crippen LogP contribution >= 0.6 is 23.4 Å². The molecule has 4 nitrogen and oxygen atoms in total. The molecule has 0 heterocycles. The smallest absolute Gasteiger partial charge is 0.242 e. The number of aryl methyl sites for hydroxylation is 1. The van der Waals surface area contributed by atoms with E-state index in [9.17, 15) is 14.0 Å². The van der Waals surface area contributed by atoms with Crippen LogP contribution in [0.1, 0.15) is 43.4 Å². The fourth-order valence-electron chi connectivity index (χ4n) is 3.29. The zero-order chi connectivity index (χ0) is 22.8. The molecule has 0 bridgehead atoms. The third-order valence-electron chi connectivity index (χ3n) is 4.90. The lowest BCUT2D eigenvalue weighted by molar-refractivity contribution is -0.139. The number of thioether (sulfide) groups is 1. The summed E-state index contributed by atoms with van der Waals surface area (Å²) in [5, 5.41) is 3.26. The second-order valence-electron chi connectivity index (χ2n) is 7.42. The van der Waals surface area contributed by atoms with Gasteiger partial charge in [0.1, 0.15) is 11.9 Å². The molecule has 0 saturated heterocycles. The van der Waals surface area contributed by atoms with Gasteiger partial charge in [-0.25, -0.2) is 4.39 Å².